The van der Waals surface area contributed by atoms with E-state index >= 15 is 0 Å². The number of carbonyl (C=O) groups excluding carboxylic acids is 3. The molecule has 1 aromatic heterocycles. The van der Waals surface area contributed by atoms with Gasteiger partial charge in [-0.1, -0.05) is 19.0 Å². The number of aromatic nitrogens is 2. The third kappa shape index (κ3) is 4.12. The van der Waals surface area contributed by atoms with Crippen LogP contribution in [0.15, 0.2) is 4.52 Å². The Morgan fingerprint density at radius 3 is 2.56 bits per heavy atom. The van der Waals surface area contributed by atoms with Gasteiger partial charge in [0.2, 0.25) is 11.8 Å². The van der Waals surface area contributed by atoms with Crippen LogP contribution >= 0.6 is 0 Å². The second-order valence-corrected chi connectivity index (χ2v) is 7.44. The highest BCUT2D eigenvalue weighted by molar-refractivity contribution is 6.35. The summed E-state index contributed by atoms with van der Waals surface area (Å²) >= 11 is 0. The predicted octanol–water partition coefficient (Wildman–Crippen LogP) is 0.590. The Balaban J connectivity index is 1.60. The molecule has 0 aromatic carbocycles. The van der Waals surface area contributed by atoms with Gasteiger partial charge in [-0.05, 0) is 19.8 Å². The van der Waals surface area contributed by atoms with Crippen molar-refractivity contribution in [2.75, 3.05) is 39.3 Å². The lowest BCUT2D eigenvalue weighted by atomic mass is 9.98. The summed E-state index contributed by atoms with van der Waals surface area (Å²) in [6.07, 6.45) is 1.72. The van der Waals surface area contributed by atoms with E-state index in [4.69, 9.17) is 4.52 Å². The number of piperidine rings is 1. The number of carbonyl (C=O) groups is 3. The molecule has 2 fully saturated rings. The molecule has 9 nitrogen and oxygen atoms in total. The number of hydrogen-bond donors (Lipinski definition) is 0. The molecule has 2 aliphatic rings. The molecule has 1 atom stereocenters. The fraction of sp³-hybridized carbons (Fsp3) is 0.722. The minimum atomic E-state index is -0.594. The van der Waals surface area contributed by atoms with Crippen LogP contribution in [0.5, 0.6) is 0 Å². The van der Waals surface area contributed by atoms with E-state index in [-0.39, 0.29) is 24.3 Å². The standard InChI is InChI=1S/C18H27N5O4/c1-4-21-8-9-23(18(26)17(21)25)11-14(24)22-7-5-6-13(10-22)16-19-15(12(2)3)20-27-16/h12-13H,4-11H2,1-3H3. The predicted molar refractivity (Wildman–Crippen MR) is 95.8 cm³/mol. The summed E-state index contributed by atoms with van der Waals surface area (Å²) in [5.74, 6) is 0.175. The minimum absolute atomic E-state index is 0.0111. The Bertz CT molecular complexity index is 716. The summed E-state index contributed by atoms with van der Waals surface area (Å²) < 4.78 is 5.38. The lowest BCUT2D eigenvalue weighted by Gasteiger charge is -2.36. The molecule has 0 aliphatic carbocycles. The maximum Gasteiger partial charge on any atom is 0.312 e. The zero-order valence-corrected chi connectivity index (χ0v) is 16.2. The summed E-state index contributed by atoms with van der Waals surface area (Å²) in [5.41, 5.74) is 0. The van der Waals surface area contributed by atoms with E-state index in [0.29, 0.717) is 44.4 Å². The molecule has 148 valence electrons. The maximum absolute atomic E-state index is 12.7. The molecule has 2 saturated heterocycles. The van der Waals surface area contributed by atoms with Crippen molar-refractivity contribution in [2.24, 2.45) is 0 Å². The molecule has 1 unspecified atom stereocenters. The molecular weight excluding hydrogens is 350 g/mol. The number of piperazine rings is 1. The van der Waals surface area contributed by atoms with E-state index in [0.717, 1.165) is 12.8 Å². The van der Waals surface area contributed by atoms with Gasteiger partial charge in [0.1, 0.15) is 6.54 Å². The van der Waals surface area contributed by atoms with Crippen molar-refractivity contribution in [1.82, 2.24) is 24.8 Å². The molecule has 0 spiro atoms. The van der Waals surface area contributed by atoms with Crippen molar-refractivity contribution in [3.63, 3.8) is 0 Å². The van der Waals surface area contributed by atoms with Crippen molar-refractivity contribution in [3.05, 3.63) is 11.7 Å². The molecule has 3 rings (SSSR count). The van der Waals surface area contributed by atoms with E-state index in [2.05, 4.69) is 10.1 Å². The van der Waals surface area contributed by atoms with Crippen LogP contribution < -0.4 is 0 Å². The van der Waals surface area contributed by atoms with Crippen LogP contribution in [-0.4, -0.2) is 81.8 Å². The van der Waals surface area contributed by atoms with Gasteiger partial charge in [0.05, 0.1) is 5.92 Å². The SMILES string of the molecule is CCN1CCN(CC(=O)N2CCCC(c3nc(C(C)C)no3)C2)C(=O)C1=O. The van der Waals surface area contributed by atoms with Crippen LogP contribution in [0.1, 0.15) is 57.2 Å². The molecule has 0 bridgehead atoms. The van der Waals surface area contributed by atoms with E-state index in [1.807, 2.05) is 20.8 Å². The summed E-state index contributed by atoms with van der Waals surface area (Å²) in [7, 11) is 0. The van der Waals surface area contributed by atoms with E-state index < -0.39 is 11.8 Å². The molecule has 9 heteroatoms. The first kappa shape index (κ1) is 19.3. The summed E-state index contributed by atoms with van der Waals surface area (Å²) in [5, 5.41) is 4.00. The molecule has 3 amide bonds. The maximum atomic E-state index is 12.7. The normalized spacial score (nSPS) is 21.3. The largest absolute Gasteiger partial charge is 0.340 e. The summed E-state index contributed by atoms with van der Waals surface area (Å²) in [6.45, 7) is 8.28. The molecule has 0 radical (unpaired) electrons. The van der Waals surface area contributed by atoms with E-state index in [1.165, 1.54) is 9.80 Å². The van der Waals surface area contributed by atoms with Gasteiger partial charge in [0.25, 0.3) is 0 Å². The second kappa shape index (κ2) is 8.06. The van der Waals surface area contributed by atoms with Gasteiger partial charge in [-0.25, -0.2) is 0 Å². The first-order chi connectivity index (χ1) is 12.9. The first-order valence-electron chi connectivity index (χ1n) is 9.60. The van der Waals surface area contributed by atoms with Crippen LogP contribution in [-0.2, 0) is 14.4 Å². The van der Waals surface area contributed by atoms with Gasteiger partial charge in [0.15, 0.2) is 5.82 Å². The Hall–Kier alpha value is -2.45. The molecule has 0 N–H and O–H groups in total. The molecule has 3 heterocycles. The van der Waals surface area contributed by atoms with Gasteiger partial charge in [-0.2, -0.15) is 4.98 Å². The first-order valence-corrected chi connectivity index (χ1v) is 9.60. The smallest absolute Gasteiger partial charge is 0.312 e. The summed E-state index contributed by atoms with van der Waals surface area (Å²) in [6, 6.07) is 0. The number of nitrogens with zero attached hydrogens (tertiary/aromatic N) is 5. The highest BCUT2D eigenvalue weighted by atomic mass is 16.5. The van der Waals surface area contributed by atoms with Crippen molar-refractivity contribution < 1.29 is 18.9 Å². The number of amides is 3. The van der Waals surface area contributed by atoms with Crippen molar-refractivity contribution in [3.8, 4) is 0 Å². The molecule has 0 saturated carbocycles. The van der Waals surface area contributed by atoms with Crippen LogP contribution in [0, 0.1) is 0 Å². The van der Waals surface area contributed by atoms with Crippen molar-refractivity contribution in [1.29, 1.82) is 0 Å². The average molecular weight is 377 g/mol. The number of rotatable bonds is 5. The van der Waals surface area contributed by atoms with Gasteiger partial charge < -0.3 is 19.2 Å². The van der Waals surface area contributed by atoms with Gasteiger partial charge in [0, 0.05) is 38.6 Å². The molecule has 2 aliphatic heterocycles. The minimum Gasteiger partial charge on any atom is -0.340 e. The quantitative estimate of drug-likeness (QED) is 0.696. The Kier molecular flexibility index (Phi) is 5.76. The molecule has 1 aromatic rings. The van der Waals surface area contributed by atoms with Crippen LogP contribution in [0.2, 0.25) is 0 Å². The Morgan fingerprint density at radius 2 is 1.89 bits per heavy atom. The third-order valence-electron chi connectivity index (χ3n) is 5.20. The molecular formula is C18H27N5O4. The fourth-order valence-corrected chi connectivity index (χ4v) is 3.48. The number of likely N-dealkylation sites (N-methyl/N-ethyl adjacent to an activating group) is 1. The van der Waals surface area contributed by atoms with E-state index in [9.17, 15) is 14.4 Å². The highest BCUT2D eigenvalue weighted by Crippen LogP contribution is 2.27. The zero-order valence-electron chi connectivity index (χ0n) is 16.2. The van der Waals surface area contributed by atoms with Crippen LogP contribution in [0.4, 0.5) is 0 Å². The second-order valence-electron chi connectivity index (χ2n) is 7.44. The fourth-order valence-electron chi connectivity index (χ4n) is 3.48. The molecule has 27 heavy (non-hydrogen) atoms. The van der Waals surface area contributed by atoms with Gasteiger partial charge in [-0.15, -0.1) is 0 Å². The zero-order chi connectivity index (χ0) is 19.6. The third-order valence-corrected chi connectivity index (χ3v) is 5.20. The Labute approximate surface area is 158 Å². The number of hydrogen-bond acceptors (Lipinski definition) is 6. The monoisotopic (exact) mass is 377 g/mol. The highest BCUT2D eigenvalue weighted by Gasteiger charge is 2.35. The van der Waals surface area contributed by atoms with Gasteiger partial charge >= 0.3 is 11.8 Å². The van der Waals surface area contributed by atoms with E-state index in [1.54, 1.807) is 4.90 Å². The Morgan fingerprint density at radius 1 is 1.19 bits per heavy atom. The topological polar surface area (TPSA) is 99.8 Å². The summed E-state index contributed by atoms with van der Waals surface area (Å²) in [4.78, 5) is 45.9. The van der Waals surface area contributed by atoms with Crippen LogP contribution in [0.25, 0.3) is 0 Å². The van der Waals surface area contributed by atoms with Crippen LogP contribution in [0.3, 0.4) is 0 Å². The lowest BCUT2D eigenvalue weighted by Crippen LogP contribution is -2.56. The van der Waals surface area contributed by atoms with Gasteiger partial charge in [-0.3, -0.25) is 14.4 Å². The average Bonchev–Trinajstić information content (AvgIpc) is 3.16. The van der Waals surface area contributed by atoms with Crippen molar-refractivity contribution >= 4 is 17.7 Å². The lowest BCUT2D eigenvalue weighted by molar-refractivity contribution is -0.157. The number of likely N-dealkylation sites (tertiary alicyclic amines) is 1. The van der Waals surface area contributed by atoms with Crippen molar-refractivity contribution in [2.45, 2.75) is 45.4 Å².